The molecule has 0 bridgehead atoms. The quantitative estimate of drug-likeness (QED) is 0.322. The van der Waals surface area contributed by atoms with E-state index in [-0.39, 0.29) is 17.2 Å². The zero-order chi connectivity index (χ0) is 26.1. The van der Waals surface area contributed by atoms with Crippen LogP contribution in [0.2, 0.25) is 0 Å². The number of aromatic nitrogens is 3. The number of carbonyl (C=O) groups excluding carboxylic acids is 1. The van der Waals surface area contributed by atoms with Crippen LogP contribution < -0.4 is 5.32 Å². The molecule has 0 unspecified atom stereocenters. The van der Waals surface area contributed by atoms with Crippen molar-refractivity contribution in [1.82, 2.24) is 19.3 Å². The number of benzene rings is 2. The third-order valence-corrected chi connectivity index (χ3v) is 8.48. The summed E-state index contributed by atoms with van der Waals surface area (Å²) in [6.07, 6.45) is 7.02. The van der Waals surface area contributed by atoms with Crippen LogP contribution in [0.25, 0.3) is 10.9 Å². The van der Waals surface area contributed by atoms with Crippen LogP contribution in [-0.2, 0) is 23.0 Å². The number of pyridine rings is 3. The number of carbonyl (C=O) groups is 1. The summed E-state index contributed by atoms with van der Waals surface area (Å²) in [6, 6.07) is 21.2. The minimum atomic E-state index is -3.82. The maximum atomic E-state index is 13.6. The van der Waals surface area contributed by atoms with Crippen LogP contribution in [0.4, 0.5) is 11.5 Å². The monoisotopic (exact) mass is 521 g/mol. The number of hydrogen-bond donors (Lipinski definition) is 1. The van der Waals surface area contributed by atoms with E-state index in [2.05, 4.69) is 20.3 Å². The molecule has 2 aromatic carbocycles. The normalized spacial score (nSPS) is 13.7. The van der Waals surface area contributed by atoms with E-state index in [1.54, 1.807) is 36.7 Å². The van der Waals surface area contributed by atoms with E-state index < -0.39 is 10.0 Å². The van der Waals surface area contributed by atoms with Crippen molar-refractivity contribution in [1.29, 1.82) is 0 Å². The molecule has 38 heavy (non-hydrogen) atoms. The van der Waals surface area contributed by atoms with Crippen molar-refractivity contribution in [2.45, 2.75) is 17.9 Å². The first-order chi connectivity index (χ1) is 18.5. The fraction of sp³-hybridized carbons (Fsp3) is 0.103. The van der Waals surface area contributed by atoms with Crippen molar-refractivity contribution >= 4 is 38.2 Å². The van der Waals surface area contributed by atoms with Crippen LogP contribution in [0.15, 0.2) is 102 Å². The number of nitrogens with zero attached hydrogens (tertiary/aromatic N) is 4. The molecule has 0 spiro atoms. The highest BCUT2D eigenvalue weighted by molar-refractivity contribution is 7.89. The van der Waals surface area contributed by atoms with Gasteiger partial charge in [0.25, 0.3) is 0 Å². The topological polar surface area (TPSA) is 105 Å². The number of para-hydroxylation sites is 1. The van der Waals surface area contributed by atoms with Gasteiger partial charge < -0.3 is 5.32 Å². The Kier molecular flexibility index (Phi) is 6.15. The van der Waals surface area contributed by atoms with E-state index in [4.69, 9.17) is 0 Å². The van der Waals surface area contributed by atoms with Crippen LogP contribution in [0.3, 0.4) is 0 Å². The smallest absolute Gasteiger partial charge is 0.243 e. The van der Waals surface area contributed by atoms with E-state index >= 15 is 0 Å². The van der Waals surface area contributed by atoms with Gasteiger partial charge in [-0.25, -0.2) is 13.4 Å². The van der Waals surface area contributed by atoms with E-state index in [0.717, 1.165) is 27.7 Å². The number of fused-ring (bicyclic) bond motifs is 2. The standard InChI is InChI=1S/C29H23N5O3S/c35-28(20-8-12-30-13-9-20)22-5-3-6-25(17-22)38(36,37)34-15-11-26-23(19-34)10-14-31-29(26)33-24-16-21-4-1-2-7-27(21)32-18-24/h1-10,12-14,16-18H,11,15,19H2,(H,31,33). The predicted octanol–water partition coefficient (Wildman–Crippen LogP) is 4.75. The van der Waals surface area contributed by atoms with Crippen LogP contribution in [-0.4, -0.2) is 40.0 Å². The number of hydrogen-bond acceptors (Lipinski definition) is 7. The lowest BCUT2D eigenvalue weighted by atomic mass is 10.0. The number of anilines is 2. The third-order valence-electron chi connectivity index (χ3n) is 6.64. The Morgan fingerprint density at radius 2 is 1.71 bits per heavy atom. The van der Waals surface area contributed by atoms with E-state index in [1.807, 2.05) is 36.4 Å². The van der Waals surface area contributed by atoms with Gasteiger partial charge in [-0.2, -0.15) is 4.31 Å². The summed E-state index contributed by atoms with van der Waals surface area (Å²) in [6.45, 7) is 0.515. The van der Waals surface area contributed by atoms with Gasteiger partial charge in [-0.05, 0) is 54.4 Å². The number of nitrogens with one attached hydrogen (secondary N) is 1. The Morgan fingerprint density at radius 1 is 0.868 bits per heavy atom. The van der Waals surface area contributed by atoms with Crippen molar-refractivity contribution in [2.75, 3.05) is 11.9 Å². The summed E-state index contributed by atoms with van der Waals surface area (Å²) in [5.41, 5.74) is 4.36. The lowest BCUT2D eigenvalue weighted by Crippen LogP contribution is -2.36. The molecule has 188 valence electrons. The fourth-order valence-electron chi connectivity index (χ4n) is 4.67. The van der Waals surface area contributed by atoms with Crippen molar-refractivity contribution in [3.8, 4) is 0 Å². The zero-order valence-corrected chi connectivity index (χ0v) is 21.1. The zero-order valence-electron chi connectivity index (χ0n) is 20.3. The summed E-state index contributed by atoms with van der Waals surface area (Å²) >= 11 is 0. The van der Waals surface area contributed by atoms with Gasteiger partial charge in [0.05, 0.1) is 22.3 Å². The molecule has 4 heterocycles. The largest absolute Gasteiger partial charge is 0.339 e. The number of sulfonamides is 1. The second-order valence-corrected chi connectivity index (χ2v) is 11.0. The first-order valence-electron chi connectivity index (χ1n) is 12.1. The Balaban J connectivity index is 1.25. The molecule has 0 aliphatic carbocycles. The fourth-order valence-corrected chi connectivity index (χ4v) is 6.14. The van der Waals surface area contributed by atoms with Crippen LogP contribution in [0.1, 0.15) is 27.0 Å². The Bertz CT molecular complexity index is 1770. The summed E-state index contributed by atoms with van der Waals surface area (Å²) in [5.74, 6) is 0.444. The number of rotatable bonds is 6. The predicted molar refractivity (Wildman–Crippen MR) is 145 cm³/mol. The van der Waals surface area contributed by atoms with Gasteiger partial charge in [-0.3, -0.25) is 14.8 Å². The van der Waals surface area contributed by atoms with E-state index in [9.17, 15) is 13.2 Å². The lowest BCUT2D eigenvalue weighted by molar-refractivity contribution is 0.103. The molecular formula is C29H23N5O3S. The second-order valence-electron chi connectivity index (χ2n) is 9.02. The van der Waals surface area contributed by atoms with Crippen LogP contribution >= 0.6 is 0 Å². The van der Waals surface area contributed by atoms with Crippen molar-refractivity contribution in [2.24, 2.45) is 0 Å². The maximum Gasteiger partial charge on any atom is 0.243 e. The van der Waals surface area contributed by atoms with Crippen molar-refractivity contribution < 1.29 is 13.2 Å². The average Bonchev–Trinajstić information content (AvgIpc) is 2.97. The summed E-state index contributed by atoms with van der Waals surface area (Å²) in [7, 11) is -3.82. The first kappa shape index (κ1) is 23.9. The molecule has 0 saturated carbocycles. The maximum absolute atomic E-state index is 13.6. The summed E-state index contributed by atoms with van der Waals surface area (Å²) in [4.78, 5) is 25.9. The van der Waals surface area contributed by atoms with Gasteiger partial charge in [0.15, 0.2) is 5.78 Å². The number of ketones is 1. The van der Waals surface area contributed by atoms with Gasteiger partial charge in [0.2, 0.25) is 10.0 Å². The minimum absolute atomic E-state index is 0.0931. The molecule has 1 N–H and O–H groups in total. The highest BCUT2D eigenvalue weighted by atomic mass is 32.2. The van der Waals surface area contributed by atoms with Gasteiger partial charge in [0.1, 0.15) is 5.82 Å². The Hall–Kier alpha value is -4.47. The van der Waals surface area contributed by atoms with Crippen LogP contribution in [0.5, 0.6) is 0 Å². The lowest BCUT2D eigenvalue weighted by Gasteiger charge is -2.29. The van der Waals surface area contributed by atoms with Gasteiger partial charge in [0, 0.05) is 53.8 Å². The summed E-state index contributed by atoms with van der Waals surface area (Å²) in [5, 5.41) is 4.38. The van der Waals surface area contributed by atoms with Crippen LogP contribution in [0, 0.1) is 0 Å². The van der Waals surface area contributed by atoms with Gasteiger partial charge >= 0.3 is 0 Å². The van der Waals surface area contributed by atoms with Crippen molar-refractivity contribution in [3.63, 3.8) is 0 Å². The molecule has 0 atom stereocenters. The average molecular weight is 522 g/mol. The molecule has 0 radical (unpaired) electrons. The van der Waals surface area contributed by atoms with Crippen molar-refractivity contribution in [3.05, 3.63) is 120 Å². The Morgan fingerprint density at radius 3 is 2.58 bits per heavy atom. The molecule has 3 aromatic heterocycles. The second kappa shape index (κ2) is 9.77. The van der Waals surface area contributed by atoms with Gasteiger partial charge in [-0.15, -0.1) is 0 Å². The molecule has 9 heteroatoms. The third kappa shape index (κ3) is 4.53. The summed E-state index contributed by atoms with van der Waals surface area (Å²) < 4.78 is 28.6. The molecule has 6 rings (SSSR count). The Labute approximate surface area is 220 Å². The molecule has 1 aliphatic rings. The van der Waals surface area contributed by atoms with E-state index in [0.29, 0.717) is 29.9 Å². The molecule has 0 fully saturated rings. The first-order valence-corrected chi connectivity index (χ1v) is 13.6. The SMILES string of the molecule is O=C(c1ccncc1)c1cccc(S(=O)(=O)N2CCc3c(ccnc3Nc3cnc4ccccc4c3)C2)c1. The molecule has 8 nitrogen and oxygen atoms in total. The highest BCUT2D eigenvalue weighted by Gasteiger charge is 2.30. The highest BCUT2D eigenvalue weighted by Crippen LogP contribution is 2.30. The molecule has 0 saturated heterocycles. The molecule has 0 amide bonds. The molecule has 1 aliphatic heterocycles. The minimum Gasteiger partial charge on any atom is -0.339 e. The molecular weight excluding hydrogens is 498 g/mol. The van der Waals surface area contributed by atoms with Gasteiger partial charge in [-0.1, -0.05) is 30.3 Å². The van der Waals surface area contributed by atoms with E-state index in [1.165, 1.54) is 28.8 Å². The molecule has 5 aromatic rings.